The SMILES string of the molecule is Nc1nonc1/C(=N\O)Nc1cccc(C2CC2)c1. The summed E-state index contributed by atoms with van der Waals surface area (Å²) in [6.45, 7) is 0. The molecule has 0 radical (unpaired) electrons. The summed E-state index contributed by atoms with van der Waals surface area (Å²) in [6, 6.07) is 7.94. The Hall–Kier alpha value is -2.57. The molecule has 0 amide bonds. The molecule has 1 aliphatic carbocycles. The third kappa shape index (κ3) is 2.35. The molecule has 1 aromatic heterocycles. The van der Waals surface area contributed by atoms with E-state index in [1.165, 1.54) is 18.4 Å². The van der Waals surface area contributed by atoms with Crippen molar-refractivity contribution in [2.24, 2.45) is 5.16 Å². The summed E-state index contributed by atoms with van der Waals surface area (Å²) in [5.41, 5.74) is 7.82. The Bertz CT molecular complexity index is 618. The maximum atomic E-state index is 9.03. The number of hydrogen-bond donors (Lipinski definition) is 3. The summed E-state index contributed by atoms with van der Waals surface area (Å²) >= 11 is 0. The van der Waals surface area contributed by atoms with Gasteiger partial charge in [-0.05, 0) is 46.8 Å². The fourth-order valence-corrected chi connectivity index (χ4v) is 1.92. The minimum atomic E-state index is 0.0682. The second-order valence-corrected chi connectivity index (χ2v) is 4.47. The minimum absolute atomic E-state index is 0.0682. The predicted molar refractivity (Wildman–Crippen MR) is 69.1 cm³/mol. The standard InChI is InChI=1S/C12H13N5O2/c13-11-10(16-19-17-11)12(15-18)14-9-3-1-2-8(6-9)7-4-5-7/h1-3,6-7,18H,4-5H2,(H2,13,17)(H,14,15). The van der Waals surface area contributed by atoms with Gasteiger partial charge in [0.15, 0.2) is 11.5 Å². The Morgan fingerprint density at radius 3 is 2.89 bits per heavy atom. The van der Waals surface area contributed by atoms with Crippen LogP contribution in [-0.4, -0.2) is 21.4 Å². The highest BCUT2D eigenvalue weighted by Gasteiger charge is 2.23. The Morgan fingerprint density at radius 1 is 1.42 bits per heavy atom. The van der Waals surface area contributed by atoms with Gasteiger partial charge in [-0.15, -0.1) is 0 Å². The average molecular weight is 259 g/mol. The predicted octanol–water partition coefficient (Wildman–Crippen LogP) is 1.78. The molecule has 19 heavy (non-hydrogen) atoms. The zero-order valence-electron chi connectivity index (χ0n) is 10.1. The Morgan fingerprint density at radius 2 is 2.26 bits per heavy atom. The van der Waals surface area contributed by atoms with Gasteiger partial charge < -0.3 is 16.3 Å². The molecular weight excluding hydrogens is 246 g/mol. The van der Waals surface area contributed by atoms with Crippen LogP contribution >= 0.6 is 0 Å². The van der Waals surface area contributed by atoms with Gasteiger partial charge in [0, 0.05) is 5.69 Å². The lowest BCUT2D eigenvalue weighted by Gasteiger charge is -2.07. The van der Waals surface area contributed by atoms with Crippen LogP contribution in [0, 0.1) is 0 Å². The van der Waals surface area contributed by atoms with Gasteiger partial charge in [-0.3, -0.25) is 0 Å². The summed E-state index contributed by atoms with van der Waals surface area (Å²) in [5, 5.41) is 22.2. The van der Waals surface area contributed by atoms with E-state index in [9.17, 15) is 0 Å². The highest BCUT2D eigenvalue weighted by Crippen LogP contribution is 2.40. The molecule has 1 heterocycles. The number of benzene rings is 1. The van der Waals surface area contributed by atoms with Crippen LogP contribution in [0.25, 0.3) is 0 Å². The van der Waals surface area contributed by atoms with E-state index in [0.717, 1.165) is 5.69 Å². The third-order valence-corrected chi connectivity index (χ3v) is 3.04. The molecule has 0 atom stereocenters. The summed E-state index contributed by atoms with van der Waals surface area (Å²) in [6.07, 6.45) is 2.45. The number of nitrogens with two attached hydrogens (primary N) is 1. The van der Waals surface area contributed by atoms with Crippen LogP contribution in [-0.2, 0) is 0 Å². The molecule has 0 unspecified atom stereocenters. The monoisotopic (exact) mass is 259 g/mol. The van der Waals surface area contributed by atoms with Gasteiger partial charge in [-0.1, -0.05) is 17.3 Å². The van der Waals surface area contributed by atoms with Crippen molar-refractivity contribution in [1.82, 2.24) is 10.3 Å². The van der Waals surface area contributed by atoms with Gasteiger partial charge in [0.05, 0.1) is 0 Å². The van der Waals surface area contributed by atoms with Crippen molar-refractivity contribution in [3.63, 3.8) is 0 Å². The topological polar surface area (TPSA) is 110 Å². The van der Waals surface area contributed by atoms with E-state index >= 15 is 0 Å². The van der Waals surface area contributed by atoms with Gasteiger partial charge in [-0.25, -0.2) is 4.63 Å². The number of aromatic nitrogens is 2. The smallest absolute Gasteiger partial charge is 0.203 e. The largest absolute Gasteiger partial charge is 0.409 e. The molecule has 1 aromatic carbocycles. The number of nitrogens with zero attached hydrogens (tertiary/aromatic N) is 3. The van der Waals surface area contributed by atoms with E-state index in [4.69, 9.17) is 10.9 Å². The van der Waals surface area contributed by atoms with Crippen molar-refractivity contribution in [1.29, 1.82) is 0 Å². The van der Waals surface area contributed by atoms with Gasteiger partial charge in [-0.2, -0.15) is 0 Å². The normalized spacial score (nSPS) is 15.5. The van der Waals surface area contributed by atoms with Gasteiger partial charge in [0.1, 0.15) is 0 Å². The van der Waals surface area contributed by atoms with E-state index in [2.05, 4.69) is 31.5 Å². The van der Waals surface area contributed by atoms with Crippen LogP contribution in [0.2, 0.25) is 0 Å². The zero-order chi connectivity index (χ0) is 13.2. The van der Waals surface area contributed by atoms with E-state index in [1.54, 1.807) is 0 Å². The molecule has 0 bridgehead atoms. The fraction of sp³-hybridized carbons (Fsp3) is 0.250. The minimum Gasteiger partial charge on any atom is -0.409 e. The molecule has 0 spiro atoms. The lowest BCUT2D eigenvalue weighted by Crippen LogP contribution is -2.16. The molecule has 4 N–H and O–H groups in total. The molecule has 98 valence electrons. The first-order valence-corrected chi connectivity index (χ1v) is 5.95. The quantitative estimate of drug-likeness (QED) is 0.335. The molecular formula is C12H13N5O2. The highest BCUT2D eigenvalue weighted by molar-refractivity contribution is 6.09. The lowest BCUT2D eigenvalue weighted by atomic mass is 10.1. The Kier molecular flexibility index (Phi) is 2.79. The highest BCUT2D eigenvalue weighted by atomic mass is 16.6. The van der Waals surface area contributed by atoms with Crippen LogP contribution in [0.1, 0.15) is 30.0 Å². The van der Waals surface area contributed by atoms with Gasteiger partial charge in [0.25, 0.3) is 0 Å². The number of oxime groups is 1. The maximum absolute atomic E-state index is 9.03. The van der Waals surface area contributed by atoms with E-state index < -0.39 is 0 Å². The fourth-order valence-electron chi connectivity index (χ4n) is 1.92. The first kappa shape index (κ1) is 11.5. The van der Waals surface area contributed by atoms with Gasteiger partial charge >= 0.3 is 0 Å². The molecule has 0 aliphatic heterocycles. The maximum Gasteiger partial charge on any atom is 0.203 e. The molecule has 7 nitrogen and oxygen atoms in total. The van der Waals surface area contributed by atoms with Gasteiger partial charge in [0.2, 0.25) is 5.84 Å². The number of anilines is 2. The van der Waals surface area contributed by atoms with Crippen LogP contribution in [0.5, 0.6) is 0 Å². The Balaban J connectivity index is 1.83. The van der Waals surface area contributed by atoms with E-state index in [0.29, 0.717) is 5.92 Å². The summed E-state index contributed by atoms with van der Waals surface area (Å²) < 4.78 is 4.48. The molecule has 1 aliphatic rings. The molecule has 1 fully saturated rings. The van der Waals surface area contributed by atoms with Crippen molar-refractivity contribution >= 4 is 17.3 Å². The van der Waals surface area contributed by atoms with Crippen molar-refractivity contribution < 1.29 is 9.84 Å². The van der Waals surface area contributed by atoms with Crippen molar-refractivity contribution in [2.45, 2.75) is 18.8 Å². The average Bonchev–Trinajstić information content (AvgIpc) is 3.20. The number of amidine groups is 1. The van der Waals surface area contributed by atoms with E-state index in [1.807, 2.05) is 18.2 Å². The summed E-state index contributed by atoms with van der Waals surface area (Å²) in [4.78, 5) is 0. The number of hydrogen-bond acceptors (Lipinski definition) is 6. The molecule has 1 saturated carbocycles. The molecule has 2 aromatic rings. The van der Waals surface area contributed by atoms with Crippen LogP contribution < -0.4 is 11.1 Å². The number of rotatable bonds is 3. The zero-order valence-corrected chi connectivity index (χ0v) is 10.1. The first-order chi connectivity index (χ1) is 9.28. The van der Waals surface area contributed by atoms with Crippen molar-refractivity contribution in [3.8, 4) is 0 Å². The van der Waals surface area contributed by atoms with Crippen LogP contribution in [0.3, 0.4) is 0 Å². The molecule has 3 rings (SSSR count). The number of nitrogens with one attached hydrogen (secondary N) is 1. The molecule has 0 saturated heterocycles. The second kappa shape index (κ2) is 4.60. The summed E-state index contributed by atoms with van der Waals surface area (Å²) in [7, 11) is 0. The first-order valence-electron chi connectivity index (χ1n) is 5.95. The van der Waals surface area contributed by atoms with Crippen molar-refractivity contribution in [3.05, 3.63) is 35.5 Å². The van der Waals surface area contributed by atoms with Crippen molar-refractivity contribution in [2.75, 3.05) is 11.1 Å². The number of nitrogen functional groups attached to an aromatic ring is 1. The lowest BCUT2D eigenvalue weighted by molar-refractivity contribution is 0.305. The second-order valence-electron chi connectivity index (χ2n) is 4.47. The van der Waals surface area contributed by atoms with E-state index in [-0.39, 0.29) is 17.3 Å². The molecule has 7 heteroatoms. The van der Waals surface area contributed by atoms with Crippen LogP contribution in [0.4, 0.5) is 11.5 Å². The summed E-state index contributed by atoms with van der Waals surface area (Å²) in [5.74, 6) is 0.820. The third-order valence-electron chi connectivity index (χ3n) is 3.04. The van der Waals surface area contributed by atoms with Crippen LogP contribution in [0.15, 0.2) is 34.1 Å². The Labute approximate surface area is 109 Å².